The van der Waals surface area contributed by atoms with Crippen LogP contribution in [0.2, 0.25) is 0 Å². The number of para-hydroxylation sites is 1. The zero-order valence-corrected chi connectivity index (χ0v) is 16.2. The van der Waals surface area contributed by atoms with Gasteiger partial charge in [-0.15, -0.1) is 0 Å². The fraction of sp³-hybridized carbons (Fsp3) is 0.217. The monoisotopic (exact) mass is 427 g/mol. The minimum absolute atomic E-state index is 0.0394. The Morgan fingerprint density at radius 3 is 2.42 bits per heavy atom. The van der Waals surface area contributed by atoms with Crippen LogP contribution in [0.5, 0.6) is 0 Å². The van der Waals surface area contributed by atoms with Gasteiger partial charge in [-0.05, 0) is 36.6 Å². The zero-order chi connectivity index (χ0) is 22.3. The van der Waals surface area contributed by atoms with Gasteiger partial charge < -0.3 is 5.73 Å². The number of anilines is 1. The SMILES string of the molecule is N#CC1=C(N)N(c2ccccc2F)C2=C(C(=O)CCC2)[C@@H]1c1ccccc1C(F)(F)F. The Hall–Kier alpha value is -3.60. The van der Waals surface area contributed by atoms with Crippen LogP contribution in [-0.2, 0) is 11.0 Å². The lowest BCUT2D eigenvalue weighted by Crippen LogP contribution is -2.39. The summed E-state index contributed by atoms with van der Waals surface area (Å²) >= 11 is 0. The minimum atomic E-state index is -4.69. The van der Waals surface area contributed by atoms with Crippen LogP contribution in [0, 0.1) is 17.1 Å². The molecular formula is C23H17F4N3O. The Labute approximate surface area is 175 Å². The van der Waals surface area contributed by atoms with Gasteiger partial charge in [-0.2, -0.15) is 18.4 Å². The average molecular weight is 427 g/mol. The van der Waals surface area contributed by atoms with Crippen molar-refractivity contribution in [1.29, 1.82) is 5.26 Å². The van der Waals surface area contributed by atoms with Gasteiger partial charge in [-0.3, -0.25) is 9.69 Å². The molecule has 0 bridgehead atoms. The van der Waals surface area contributed by atoms with E-state index in [-0.39, 0.29) is 40.4 Å². The average Bonchev–Trinajstić information content (AvgIpc) is 2.73. The number of hydrogen-bond acceptors (Lipinski definition) is 4. The van der Waals surface area contributed by atoms with Crippen molar-refractivity contribution in [3.63, 3.8) is 0 Å². The highest BCUT2D eigenvalue weighted by atomic mass is 19.4. The van der Waals surface area contributed by atoms with Crippen molar-refractivity contribution in [3.05, 3.63) is 88.1 Å². The number of carbonyl (C=O) groups excluding carboxylic acids is 1. The standard InChI is InChI=1S/C23H17F4N3O/c24-16-8-3-4-9-17(16)30-18-10-5-11-19(31)21(18)20(14(12-28)22(30)29)13-6-1-2-7-15(13)23(25,26)27/h1-4,6-9,20H,5,10-11,29H2/t20-/m1/s1. The molecule has 0 amide bonds. The number of halogens is 4. The molecule has 1 heterocycles. The van der Waals surface area contributed by atoms with Crippen molar-refractivity contribution in [1.82, 2.24) is 0 Å². The molecule has 1 aliphatic carbocycles. The molecule has 2 aromatic carbocycles. The molecule has 158 valence electrons. The molecule has 2 N–H and O–H groups in total. The first kappa shape index (κ1) is 20.7. The van der Waals surface area contributed by atoms with Crippen molar-refractivity contribution in [3.8, 4) is 6.07 Å². The molecule has 0 unspecified atom stereocenters. The van der Waals surface area contributed by atoms with Crippen LogP contribution >= 0.6 is 0 Å². The maximum Gasteiger partial charge on any atom is 0.416 e. The van der Waals surface area contributed by atoms with Gasteiger partial charge in [-0.25, -0.2) is 4.39 Å². The normalized spacial score (nSPS) is 19.4. The second-order valence-electron chi connectivity index (χ2n) is 7.35. The topological polar surface area (TPSA) is 70.1 Å². The summed E-state index contributed by atoms with van der Waals surface area (Å²) in [5.41, 5.74) is 5.33. The van der Waals surface area contributed by atoms with Crippen LogP contribution < -0.4 is 10.6 Å². The number of benzene rings is 2. The van der Waals surface area contributed by atoms with Crippen LogP contribution in [0.1, 0.15) is 36.3 Å². The number of alkyl halides is 3. The number of carbonyl (C=O) groups is 1. The predicted molar refractivity (Wildman–Crippen MR) is 106 cm³/mol. The van der Waals surface area contributed by atoms with E-state index in [9.17, 15) is 27.6 Å². The Morgan fingerprint density at radius 2 is 1.74 bits per heavy atom. The Kier molecular flexibility index (Phi) is 5.05. The summed E-state index contributed by atoms with van der Waals surface area (Å²) in [6.07, 6.45) is -3.79. The molecule has 4 nitrogen and oxygen atoms in total. The number of Topliss-reactive ketones (excluding diaryl/α,β-unsaturated/α-hetero) is 1. The Morgan fingerprint density at radius 1 is 1.06 bits per heavy atom. The van der Waals surface area contributed by atoms with Gasteiger partial charge in [0.25, 0.3) is 0 Å². The van der Waals surface area contributed by atoms with Crippen LogP contribution in [0.25, 0.3) is 0 Å². The van der Waals surface area contributed by atoms with Crippen molar-refractivity contribution in [2.24, 2.45) is 5.73 Å². The number of rotatable bonds is 2. The molecule has 2 aliphatic rings. The number of nitriles is 1. The van der Waals surface area contributed by atoms with E-state index < -0.39 is 23.5 Å². The number of allylic oxidation sites excluding steroid dienone is 3. The lowest BCUT2D eigenvalue weighted by atomic mass is 9.74. The third-order valence-electron chi connectivity index (χ3n) is 5.58. The van der Waals surface area contributed by atoms with Gasteiger partial charge in [-0.1, -0.05) is 30.3 Å². The van der Waals surface area contributed by atoms with Gasteiger partial charge in [0.05, 0.1) is 28.8 Å². The van der Waals surface area contributed by atoms with Crippen LogP contribution in [0.3, 0.4) is 0 Å². The summed E-state index contributed by atoms with van der Waals surface area (Å²) in [5.74, 6) is -2.44. The molecule has 8 heteroatoms. The fourth-order valence-electron chi connectivity index (χ4n) is 4.31. The van der Waals surface area contributed by atoms with E-state index in [1.165, 1.54) is 41.3 Å². The Bertz CT molecular complexity index is 1170. The largest absolute Gasteiger partial charge is 0.416 e. The molecule has 1 atom stereocenters. The maximum absolute atomic E-state index is 14.6. The zero-order valence-electron chi connectivity index (χ0n) is 16.2. The smallest absolute Gasteiger partial charge is 0.384 e. The number of nitrogens with zero attached hydrogens (tertiary/aromatic N) is 2. The molecule has 2 aromatic rings. The third kappa shape index (κ3) is 3.36. The molecule has 1 aliphatic heterocycles. The molecule has 0 saturated heterocycles. The van der Waals surface area contributed by atoms with Gasteiger partial charge in [0, 0.05) is 17.7 Å². The van der Waals surface area contributed by atoms with E-state index in [1.807, 2.05) is 6.07 Å². The fourth-order valence-corrected chi connectivity index (χ4v) is 4.31. The molecule has 4 rings (SSSR count). The van der Waals surface area contributed by atoms with E-state index in [0.29, 0.717) is 18.5 Å². The first-order valence-electron chi connectivity index (χ1n) is 9.62. The van der Waals surface area contributed by atoms with Crippen molar-refractivity contribution in [2.45, 2.75) is 31.4 Å². The molecule has 0 spiro atoms. The van der Waals surface area contributed by atoms with Crippen molar-refractivity contribution < 1.29 is 22.4 Å². The number of nitrogens with two attached hydrogens (primary N) is 1. The summed E-state index contributed by atoms with van der Waals surface area (Å²) in [5, 5.41) is 9.87. The lowest BCUT2D eigenvalue weighted by Gasteiger charge is -2.40. The summed E-state index contributed by atoms with van der Waals surface area (Å²) in [4.78, 5) is 14.3. The molecule has 31 heavy (non-hydrogen) atoms. The van der Waals surface area contributed by atoms with Gasteiger partial charge in [0.2, 0.25) is 0 Å². The third-order valence-corrected chi connectivity index (χ3v) is 5.58. The molecule has 0 radical (unpaired) electrons. The van der Waals surface area contributed by atoms with Crippen LogP contribution in [0.4, 0.5) is 23.2 Å². The predicted octanol–water partition coefficient (Wildman–Crippen LogP) is 5.15. The van der Waals surface area contributed by atoms with Crippen LogP contribution in [0.15, 0.2) is 71.2 Å². The van der Waals surface area contributed by atoms with Gasteiger partial charge in [0.15, 0.2) is 5.78 Å². The van der Waals surface area contributed by atoms with Crippen LogP contribution in [-0.4, -0.2) is 5.78 Å². The summed E-state index contributed by atoms with van der Waals surface area (Å²) in [6, 6.07) is 12.5. The summed E-state index contributed by atoms with van der Waals surface area (Å²) in [7, 11) is 0. The summed E-state index contributed by atoms with van der Waals surface area (Å²) in [6.45, 7) is 0. The van der Waals surface area contributed by atoms with Gasteiger partial charge >= 0.3 is 6.18 Å². The number of ketones is 1. The molecule has 0 aromatic heterocycles. The first-order valence-corrected chi connectivity index (χ1v) is 9.62. The highest BCUT2D eigenvalue weighted by molar-refractivity contribution is 6.01. The van der Waals surface area contributed by atoms with Crippen molar-refractivity contribution >= 4 is 11.5 Å². The van der Waals surface area contributed by atoms with Crippen molar-refractivity contribution in [2.75, 3.05) is 4.90 Å². The second-order valence-corrected chi connectivity index (χ2v) is 7.35. The molecule has 0 fully saturated rings. The molecular weight excluding hydrogens is 410 g/mol. The van der Waals surface area contributed by atoms with E-state index in [2.05, 4.69) is 0 Å². The second kappa shape index (κ2) is 7.58. The summed E-state index contributed by atoms with van der Waals surface area (Å²) < 4.78 is 55.9. The molecule has 0 saturated carbocycles. The number of hydrogen-bond donors (Lipinski definition) is 1. The highest BCUT2D eigenvalue weighted by Gasteiger charge is 2.44. The quantitative estimate of drug-likeness (QED) is 0.673. The minimum Gasteiger partial charge on any atom is -0.384 e. The van der Waals surface area contributed by atoms with E-state index in [1.54, 1.807) is 6.07 Å². The van der Waals surface area contributed by atoms with Gasteiger partial charge in [0.1, 0.15) is 11.6 Å². The van der Waals surface area contributed by atoms with E-state index >= 15 is 0 Å². The first-order chi connectivity index (χ1) is 14.8. The Balaban J connectivity index is 2.03. The highest BCUT2D eigenvalue weighted by Crippen LogP contribution is 2.49. The lowest BCUT2D eigenvalue weighted by molar-refractivity contribution is -0.138. The maximum atomic E-state index is 14.6. The van der Waals surface area contributed by atoms with E-state index in [0.717, 1.165) is 6.07 Å². The van der Waals surface area contributed by atoms with E-state index in [4.69, 9.17) is 5.73 Å².